The average molecular weight is 296 g/mol. The van der Waals surface area contributed by atoms with E-state index in [1.54, 1.807) is 38.1 Å². The van der Waals surface area contributed by atoms with Gasteiger partial charge >= 0.3 is 5.97 Å². The fourth-order valence-corrected chi connectivity index (χ4v) is 1.56. The second kappa shape index (κ2) is 9.50. The van der Waals surface area contributed by atoms with Gasteiger partial charge in [-0.3, -0.25) is 0 Å². The van der Waals surface area contributed by atoms with Crippen molar-refractivity contribution in [1.29, 1.82) is 0 Å². The van der Waals surface area contributed by atoms with Crippen LogP contribution in [-0.2, 0) is 14.2 Å². The van der Waals surface area contributed by atoms with Gasteiger partial charge in [-0.2, -0.15) is 0 Å². The third-order valence-electron chi connectivity index (χ3n) is 2.81. The van der Waals surface area contributed by atoms with Crippen LogP contribution in [0.1, 0.15) is 31.1 Å². The molecule has 1 aromatic carbocycles. The number of carbonyl (C=O) groups excluding carboxylic acids is 1. The first-order chi connectivity index (χ1) is 10.0. The molecule has 0 aromatic heterocycles. The molecule has 1 N–H and O–H groups in total. The van der Waals surface area contributed by atoms with Gasteiger partial charge in [-0.15, -0.1) is 0 Å². The monoisotopic (exact) mass is 296 g/mol. The largest absolute Gasteiger partial charge is 0.457 e. The molecule has 21 heavy (non-hydrogen) atoms. The molecule has 0 saturated carbocycles. The molecule has 0 bridgehead atoms. The first kappa shape index (κ1) is 17.6. The second-order valence-corrected chi connectivity index (χ2v) is 5.05. The summed E-state index contributed by atoms with van der Waals surface area (Å²) in [5.41, 5.74) is 0.525. The average Bonchev–Trinajstić information content (AvgIpc) is 2.51. The third-order valence-corrected chi connectivity index (χ3v) is 2.81. The Morgan fingerprint density at radius 3 is 2.19 bits per heavy atom. The van der Waals surface area contributed by atoms with E-state index >= 15 is 0 Å². The van der Waals surface area contributed by atoms with Crippen molar-refractivity contribution in [3.05, 3.63) is 35.9 Å². The van der Waals surface area contributed by atoms with Crippen molar-refractivity contribution < 1.29 is 24.1 Å². The van der Waals surface area contributed by atoms with Gasteiger partial charge in [-0.25, -0.2) is 4.79 Å². The maximum atomic E-state index is 11.8. The Bertz CT molecular complexity index is 406. The predicted octanol–water partition coefficient (Wildman–Crippen LogP) is 2.03. The first-order valence-corrected chi connectivity index (χ1v) is 7.13. The molecule has 0 amide bonds. The van der Waals surface area contributed by atoms with Crippen LogP contribution in [-0.4, -0.2) is 49.2 Å². The Morgan fingerprint density at radius 1 is 1.00 bits per heavy atom. The molecule has 0 spiro atoms. The van der Waals surface area contributed by atoms with Crippen LogP contribution >= 0.6 is 0 Å². The van der Waals surface area contributed by atoms with Crippen molar-refractivity contribution in [1.82, 2.24) is 0 Å². The summed E-state index contributed by atoms with van der Waals surface area (Å²) in [6.07, 6.45) is -0.670. The summed E-state index contributed by atoms with van der Waals surface area (Å²) in [5.74, 6) is -0.357. The van der Waals surface area contributed by atoms with E-state index in [1.165, 1.54) is 0 Å². The van der Waals surface area contributed by atoms with E-state index < -0.39 is 0 Å². The van der Waals surface area contributed by atoms with Gasteiger partial charge in [-0.1, -0.05) is 18.2 Å². The van der Waals surface area contributed by atoms with Gasteiger partial charge in [0.25, 0.3) is 0 Å². The van der Waals surface area contributed by atoms with E-state index in [0.717, 1.165) is 0 Å². The number of esters is 1. The number of rotatable bonds is 9. The van der Waals surface area contributed by atoms with E-state index in [2.05, 4.69) is 0 Å². The third kappa shape index (κ3) is 7.22. The molecule has 0 fully saturated rings. The molecular formula is C16H24O5. The molecule has 0 aliphatic carbocycles. The first-order valence-electron chi connectivity index (χ1n) is 7.13. The summed E-state index contributed by atoms with van der Waals surface area (Å²) in [7, 11) is 0. The van der Waals surface area contributed by atoms with E-state index in [-0.39, 0.29) is 30.9 Å². The van der Waals surface area contributed by atoms with Crippen molar-refractivity contribution in [3.8, 4) is 0 Å². The van der Waals surface area contributed by atoms with Gasteiger partial charge in [-0.05, 0) is 32.9 Å². The maximum absolute atomic E-state index is 11.8. The molecule has 0 heterocycles. The van der Waals surface area contributed by atoms with Crippen LogP contribution in [0.5, 0.6) is 0 Å². The summed E-state index contributed by atoms with van der Waals surface area (Å²) in [5, 5.41) is 8.85. The highest BCUT2D eigenvalue weighted by atomic mass is 16.6. The molecule has 1 aromatic rings. The summed E-state index contributed by atoms with van der Waals surface area (Å²) in [6.45, 7) is 6.12. The van der Waals surface area contributed by atoms with E-state index in [9.17, 15) is 4.79 Å². The minimum absolute atomic E-state index is 0.0161. The zero-order chi connectivity index (χ0) is 15.7. The Hall–Kier alpha value is -1.43. The number of aliphatic hydroxyl groups excluding tert-OH is 1. The Morgan fingerprint density at radius 2 is 1.57 bits per heavy atom. The minimum atomic E-state index is -0.357. The fourth-order valence-electron chi connectivity index (χ4n) is 1.56. The van der Waals surface area contributed by atoms with Gasteiger partial charge in [0.1, 0.15) is 6.10 Å². The summed E-state index contributed by atoms with van der Waals surface area (Å²) < 4.78 is 16.2. The van der Waals surface area contributed by atoms with Gasteiger partial charge in [0, 0.05) is 0 Å². The Labute approximate surface area is 125 Å². The number of aliphatic hydroxyl groups is 1. The molecule has 0 saturated heterocycles. The van der Waals surface area contributed by atoms with Crippen LogP contribution in [0.15, 0.2) is 30.3 Å². The Balaban J connectivity index is 2.24. The molecule has 0 radical (unpaired) electrons. The molecule has 1 rings (SSSR count). The van der Waals surface area contributed by atoms with Crippen molar-refractivity contribution in [2.24, 2.45) is 0 Å². The van der Waals surface area contributed by atoms with E-state index in [0.29, 0.717) is 18.8 Å². The molecule has 5 heteroatoms. The van der Waals surface area contributed by atoms with Crippen LogP contribution in [0.3, 0.4) is 0 Å². The van der Waals surface area contributed by atoms with Crippen LogP contribution in [0.2, 0.25) is 0 Å². The van der Waals surface area contributed by atoms with Crippen LogP contribution < -0.4 is 0 Å². The van der Waals surface area contributed by atoms with Gasteiger partial charge in [0.15, 0.2) is 0 Å². The van der Waals surface area contributed by atoms with Crippen molar-refractivity contribution in [2.75, 3.05) is 19.8 Å². The molecule has 0 aliphatic rings. The highest BCUT2D eigenvalue weighted by molar-refractivity contribution is 5.89. The topological polar surface area (TPSA) is 65.0 Å². The van der Waals surface area contributed by atoms with Gasteiger partial charge in [0.05, 0.1) is 37.6 Å². The predicted molar refractivity (Wildman–Crippen MR) is 79.2 cm³/mol. The normalized spacial score (nSPS) is 15.2. The van der Waals surface area contributed by atoms with Crippen molar-refractivity contribution >= 4 is 5.97 Å². The summed E-state index contributed by atoms with van der Waals surface area (Å²) in [6, 6.07) is 8.85. The highest BCUT2D eigenvalue weighted by Crippen LogP contribution is 2.05. The molecule has 3 unspecified atom stereocenters. The van der Waals surface area contributed by atoms with Crippen LogP contribution in [0.4, 0.5) is 0 Å². The lowest BCUT2D eigenvalue weighted by atomic mass is 10.2. The quantitative estimate of drug-likeness (QED) is 0.706. The van der Waals surface area contributed by atoms with Crippen molar-refractivity contribution in [2.45, 2.75) is 39.1 Å². The van der Waals surface area contributed by atoms with E-state index in [1.807, 2.05) is 13.0 Å². The highest BCUT2D eigenvalue weighted by Gasteiger charge is 2.13. The number of hydrogen-bond acceptors (Lipinski definition) is 5. The zero-order valence-corrected chi connectivity index (χ0v) is 12.8. The van der Waals surface area contributed by atoms with Crippen LogP contribution in [0, 0.1) is 0 Å². The van der Waals surface area contributed by atoms with Crippen molar-refractivity contribution in [3.63, 3.8) is 0 Å². The molecular weight excluding hydrogens is 272 g/mol. The lowest BCUT2D eigenvalue weighted by Crippen LogP contribution is -2.27. The number of benzene rings is 1. The minimum Gasteiger partial charge on any atom is -0.457 e. The SMILES string of the molecule is CC(CO)OCC(C)OCC(C)OC(=O)c1ccccc1. The molecule has 5 nitrogen and oxygen atoms in total. The number of carbonyl (C=O) groups is 1. The summed E-state index contributed by atoms with van der Waals surface area (Å²) in [4.78, 5) is 11.8. The van der Waals surface area contributed by atoms with E-state index in [4.69, 9.17) is 19.3 Å². The maximum Gasteiger partial charge on any atom is 0.338 e. The van der Waals surface area contributed by atoms with Gasteiger partial charge < -0.3 is 19.3 Å². The lowest BCUT2D eigenvalue weighted by molar-refractivity contribution is -0.0660. The standard InChI is InChI=1S/C16H24O5/c1-12(9-17)19-10-13(2)20-11-14(3)21-16(18)15-7-5-4-6-8-15/h4-8,12-14,17H,9-11H2,1-3H3. The molecule has 3 atom stereocenters. The number of ether oxygens (including phenoxy) is 3. The second-order valence-electron chi connectivity index (χ2n) is 5.05. The lowest BCUT2D eigenvalue weighted by Gasteiger charge is -2.19. The van der Waals surface area contributed by atoms with Crippen LogP contribution in [0.25, 0.3) is 0 Å². The fraction of sp³-hybridized carbons (Fsp3) is 0.562. The molecule has 0 aliphatic heterocycles. The number of hydrogen-bond donors (Lipinski definition) is 1. The smallest absolute Gasteiger partial charge is 0.338 e. The van der Waals surface area contributed by atoms with Gasteiger partial charge in [0.2, 0.25) is 0 Å². The molecule has 118 valence electrons. The Kier molecular flexibility index (Phi) is 7.97. The summed E-state index contributed by atoms with van der Waals surface area (Å²) >= 11 is 0. The zero-order valence-electron chi connectivity index (χ0n) is 12.8.